The number of terminal acetylenes is 1. The Balaban J connectivity index is 3.46. The molecular formula is C8H11NO3. The van der Waals surface area contributed by atoms with Crippen molar-refractivity contribution in [3.05, 3.63) is 0 Å². The fourth-order valence-corrected chi connectivity index (χ4v) is 0.557. The standard InChI is InChI=1S/C8H11NO3/c1-3-4-5-6-9-7(10)8(11)12-2/h1H,4-6H2,2H3,(H,9,10). The van der Waals surface area contributed by atoms with E-state index in [1.165, 1.54) is 0 Å². The Labute approximate surface area is 71.3 Å². The molecule has 0 aliphatic heterocycles. The van der Waals surface area contributed by atoms with Crippen molar-refractivity contribution in [1.82, 2.24) is 5.32 Å². The van der Waals surface area contributed by atoms with Crippen LogP contribution in [-0.4, -0.2) is 25.5 Å². The van der Waals surface area contributed by atoms with Gasteiger partial charge >= 0.3 is 11.9 Å². The van der Waals surface area contributed by atoms with Crippen LogP contribution in [0, 0.1) is 12.3 Å². The van der Waals surface area contributed by atoms with E-state index in [2.05, 4.69) is 16.0 Å². The molecule has 0 heterocycles. The lowest BCUT2D eigenvalue weighted by atomic mass is 10.3. The number of esters is 1. The maximum absolute atomic E-state index is 10.7. The van der Waals surface area contributed by atoms with E-state index >= 15 is 0 Å². The number of carbonyl (C=O) groups excluding carboxylic acids is 2. The van der Waals surface area contributed by atoms with Gasteiger partial charge in [0.25, 0.3) is 0 Å². The van der Waals surface area contributed by atoms with Gasteiger partial charge in [-0.15, -0.1) is 12.3 Å². The summed E-state index contributed by atoms with van der Waals surface area (Å²) in [6.45, 7) is 0.401. The molecule has 1 N–H and O–H groups in total. The van der Waals surface area contributed by atoms with Gasteiger partial charge in [-0.25, -0.2) is 4.79 Å². The molecule has 4 heteroatoms. The van der Waals surface area contributed by atoms with Gasteiger partial charge in [-0.05, 0) is 6.42 Å². The summed E-state index contributed by atoms with van der Waals surface area (Å²) in [6.07, 6.45) is 6.23. The van der Waals surface area contributed by atoms with Crippen LogP contribution in [0.4, 0.5) is 0 Å². The van der Waals surface area contributed by atoms with Crippen molar-refractivity contribution >= 4 is 11.9 Å². The largest absolute Gasteiger partial charge is 0.462 e. The van der Waals surface area contributed by atoms with Gasteiger partial charge in [0.05, 0.1) is 7.11 Å². The van der Waals surface area contributed by atoms with Crippen molar-refractivity contribution < 1.29 is 14.3 Å². The third kappa shape index (κ3) is 4.34. The summed E-state index contributed by atoms with van der Waals surface area (Å²) >= 11 is 0. The molecular weight excluding hydrogens is 158 g/mol. The van der Waals surface area contributed by atoms with Crippen LogP contribution in [0.25, 0.3) is 0 Å². The molecule has 0 aliphatic carbocycles. The molecule has 1 amide bonds. The first-order valence-corrected chi connectivity index (χ1v) is 3.52. The minimum absolute atomic E-state index is 0.401. The van der Waals surface area contributed by atoms with E-state index in [1.807, 2.05) is 0 Å². The number of hydrogen-bond acceptors (Lipinski definition) is 3. The molecule has 0 saturated carbocycles. The number of methoxy groups -OCH3 is 1. The van der Waals surface area contributed by atoms with Gasteiger partial charge in [0.1, 0.15) is 0 Å². The number of rotatable bonds is 3. The zero-order chi connectivity index (χ0) is 9.40. The Kier molecular flexibility index (Phi) is 5.45. The second-order valence-electron chi connectivity index (χ2n) is 2.06. The number of nitrogens with one attached hydrogen (secondary N) is 1. The quantitative estimate of drug-likeness (QED) is 0.273. The van der Waals surface area contributed by atoms with Crippen LogP contribution < -0.4 is 5.32 Å². The molecule has 0 fully saturated rings. The SMILES string of the molecule is C#CCCCNC(=O)C(=O)OC. The van der Waals surface area contributed by atoms with E-state index in [0.29, 0.717) is 19.4 Å². The normalized spacial score (nSPS) is 8.33. The van der Waals surface area contributed by atoms with Crippen molar-refractivity contribution in [1.29, 1.82) is 0 Å². The number of ether oxygens (including phenoxy) is 1. The highest BCUT2D eigenvalue weighted by atomic mass is 16.5. The highest BCUT2D eigenvalue weighted by Crippen LogP contribution is 1.83. The molecule has 0 saturated heterocycles. The third-order valence-corrected chi connectivity index (χ3v) is 1.15. The Hall–Kier alpha value is -1.50. The van der Waals surface area contributed by atoms with E-state index < -0.39 is 11.9 Å². The first-order chi connectivity index (χ1) is 5.72. The highest BCUT2D eigenvalue weighted by molar-refractivity contribution is 6.32. The first-order valence-electron chi connectivity index (χ1n) is 3.52. The topological polar surface area (TPSA) is 55.4 Å². The summed E-state index contributed by atoms with van der Waals surface area (Å²) in [5.41, 5.74) is 0. The number of unbranched alkanes of at least 4 members (excludes halogenated alkanes) is 1. The number of carbonyl (C=O) groups is 2. The van der Waals surface area contributed by atoms with Gasteiger partial charge in [0, 0.05) is 13.0 Å². The van der Waals surface area contributed by atoms with Crippen LogP contribution in [0.5, 0.6) is 0 Å². The van der Waals surface area contributed by atoms with Gasteiger partial charge in [0.2, 0.25) is 0 Å². The Morgan fingerprint density at radius 1 is 1.58 bits per heavy atom. The predicted molar refractivity (Wildman–Crippen MR) is 43.1 cm³/mol. The molecule has 12 heavy (non-hydrogen) atoms. The average molecular weight is 169 g/mol. The predicted octanol–water partition coefficient (Wildman–Crippen LogP) is -0.311. The molecule has 0 aliphatic rings. The molecule has 0 unspecified atom stereocenters. The van der Waals surface area contributed by atoms with Crippen LogP contribution in [0.15, 0.2) is 0 Å². The van der Waals surface area contributed by atoms with E-state index in [1.54, 1.807) is 0 Å². The van der Waals surface area contributed by atoms with Crippen LogP contribution in [0.2, 0.25) is 0 Å². The molecule has 4 nitrogen and oxygen atoms in total. The van der Waals surface area contributed by atoms with Crippen molar-refractivity contribution in [3.63, 3.8) is 0 Å². The van der Waals surface area contributed by atoms with Crippen molar-refractivity contribution in [2.75, 3.05) is 13.7 Å². The van der Waals surface area contributed by atoms with Gasteiger partial charge < -0.3 is 10.1 Å². The summed E-state index contributed by atoms with van der Waals surface area (Å²) in [6, 6.07) is 0. The second-order valence-corrected chi connectivity index (χ2v) is 2.06. The molecule has 0 spiro atoms. The summed E-state index contributed by atoms with van der Waals surface area (Å²) in [7, 11) is 1.16. The van der Waals surface area contributed by atoms with Crippen molar-refractivity contribution in [2.45, 2.75) is 12.8 Å². The summed E-state index contributed by atoms with van der Waals surface area (Å²) in [5, 5.41) is 2.36. The molecule has 0 aromatic heterocycles. The van der Waals surface area contributed by atoms with E-state index in [-0.39, 0.29) is 0 Å². The van der Waals surface area contributed by atoms with Crippen molar-refractivity contribution in [3.8, 4) is 12.3 Å². The fourth-order valence-electron chi connectivity index (χ4n) is 0.557. The number of amides is 1. The lowest BCUT2D eigenvalue weighted by molar-refractivity contribution is -0.152. The van der Waals surface area contributed by atoms with E-state index in [4.69, 9.17) is 6.42 Å². The first kappa shape index (κ1) is 10.5. The zero-order valence-corrected chi connectivity index (χ0v) is 6.92. The summed E-state index contributed by atoms with van der Waals surface area (Å²) < 4.78 is 4.18. The van der Waals surface area contributed by atoms with Crippen LogP contribution in [-0.2, 0) is 14.3 Å². The molecule has 0 aromatic rings. The minimum Gasteiger partial charge on any atom is -0.462 e. The average Bonchev–Trinajstić information content (AvgIpc) is 2.10. The molecule has 0 aromatic carbocycles. The molecule has 66 valence electrons. The van der Waals surface area contributed by atoms with Gasteiger partial charge in [-0.2, -0.15) is 0 Å². The maximum Gasteiger partial charge on any atom is 0.396 e. The van der Waals surface area contributed by atoms with Crippen LogP contribution >= 0.6 is 0 Å². The zero-order valence-electron chi connectivity index (χ0n) is 6.92. The van der Waals surface area contributed by atoms with Gasteiger partial charge in [-0.3, -0.25) is 4.79 Å². The summed E-state index contributed by atoms with van der Waals surface area (Å²) in [5.74, 6) is 0.811. The highest BCUT2D eigenvalue weighted by Gasteiger charge is 2.11. The van der Waals surface area contributed by atoms with Crippen molar-refractivity contribution in [2.24, 2.45) is 0 Å². The van der Waals surface area contributed by atoms with E-state index in [9.17, 15) is 9.59 Å². The van der Waals surface area contributed by atoms with Gasteiger partial charge in [-0.1, -0.05) is 0 Å². The monoisotopic (exact) mass is 169 g/mol. The lowest BCUT2D eigenvalue weighted by Gasteiger charge is -2.00. The molecule has 0 bridgehead atoms. The van der Waals surface area contributed by atoms with Crippen LogP contribution in [0.3, 0.4) is 0 Å². The maximum atomic E-state index is 10.7. The van der Waals surface area contributed by atoms with E-state index in [0.717, 1.165) is 7.11 Å². The smallest absolute Gasteiger partial charge is 0.396 e. The fraction of sp³-hybridized carbons (Fsp3) is 0.500. The lowest BCUT2D eigenvalue weighted by Crippen LogP contribution is -2.32. The minimum atomic E-state index is -0.879. The molecule has 0 radical (unpaired) electrons. The Morgan fingerprint density at radius 3 is 2.75 bits per heavy atom. The summed E-state index contributed by atoms with van der Waals surface area (Å²) in [4.78, 5) is 21.2. The number of hydrogen-bond donors (Lipinski definition) is 1. The molecule has 0 rings (SSSR count). The molecule has 0 atom stereocenters. The van der Waals surface area contributed by atoms with Crippen LogP contribution in [0.1, 0.15) is 12.8 Å². The Bertz CT molecular complexity index is 205. The second kappa shape index (κ2) is 6.23. The Morgan fingerprint density at radius 2 is 2.25 bits per heavy atom. The van der Waals surface area contributed by atoms with Gasteiger partial charge in [0.15, 0.2) is 0 Å². The third-order valence-electron chi connectivity index (χ3n) is 1.15.